The van der Waals surface area contributed by atoms with Gasteiger partial charge >= 0.3 is 0 Å². The van der Waals surface area contributed by atoms with Gasteiger partial charge in [0.25, 0.3) is 5.91 Å². The molecule has 0 spiro atoms. The van der Waals surface area contributed by atoms with E-state index in [1.54, 1.807) is 0 Å². The second kappa shape index (κ2) is 6.40. The molecule has 2 fully saturated rings. The van der Waals surface area contributed by atoms with Gasteiger partial charge < -0.3 is 15.7 Å². The Bertz CT molecular complexity index is 757. The van der Waals surface area contributed by atoms with Crippen molar-refractivity contribution < 1.29 is 9.90 Å². The number of amides is 1. The van der Waals surface area contributed by atoms with E-state index >= 15 is 0 Å². The fraction of sp³-hybridized carbons (Fsp3) is 0.474. The third-order valence-electron chi connectivity index (χ3n) is 5.04. The van der Waals surface area contributed by atoms with E-state index in [9.17, 15) is 9.90 Å². The van der Waals surface area contributed by atoms with Crippen molar-refractivity contribution in [3.63, 3.8) is 0 Å². The molecule has 0 aliphatic heterocycles. The highest BCUT2D eigenvalue weighted by Crippen LogP contribution is 2.27. The Hall–Kier alpha value is -2.14. The molecule has 5 heteroatoms. The monoisotopic (exact) mass is 325 g/mol. The molecule has 2 aliphatic rings. The van der Waals surface area contributed by atoms with Crippen molar-refractivity contribution in [3.05, 3.63) is 35.9 Å². The quantitative estimate of drug-likeness (QED) is 0.790. The van der Waals surface area contributed by atoms with Crippen molar-refractivity contribution in [2.24, 2.45) is 5.92 Å². The maximum absolute atomic E-state index is 12.6. The summed E-state index contributed by atoms with van der Waals surface area (Å²) in [7, 11) is 0. The Balaban J connectivity index is 1.59. The number of aromatic nitrogens is 1. The Morgan fingerprint density at radius 3 is 2.79 bits per heavy atom. The Kier molecular flexibility index (Phi) is 4.10. The average molecular weight is 325 g/mol. The molecule has 1 amide bonds. The van der Waals surface area contributed by atoms with E-state index in [0.717, 1.165) is 43.0 Å². The molecular weight excluding hydrogens is 302 g/mol. The van der Waals surface area contributed by atoms with Crippen molar-refractivity contribution in [1.82, 2.24) is 10.3 Å². The van der Waals surface area contributed by atoms with Crippen LogP contribution in [0, 0.1) is 5.92 Å². The summed E-state index contributed by atoms with van der Waals surface area (Å²) in [4.78, 5) is 17.2. The van der Waals surface area contributed by atoms with Crippen molar-refractivity contribution in [3.8, 4) is 0 Å². The zero-order chi connectivity index (χ0) is 16.5. The van der Waals surface area contributed by atoms with Crippen LogP contribution in [0.5, 0.6) is 0 Å². The minimum absolute atomic E-state index is 0.0277. The van der Waals surface area contributed by atoms with Gasteiger partial charge in [-0.3, -0.25) is 4.79 Å². The number of carbonyl (C=O) groups is 1. The van der Waals surface area contributed by atoms with Crippen LogP contribution in [-0.4, -0.2) is 34.7 Å². The van der Waals surface area contributed by atoms with Crippen molar-refractivity contribution in [2.75, 3.05) is 11.9 Å². The highest BCUT2D eigenvalue weighted by atomic mass is 16.3. The van der Waals surface area contributed by atoms with Gasteiger partial charge in [-0.05, 0) is 37.8 Å². The van der Waals surface area contributed by atoms with Gasteiger partial charge in [0, 0.05) is 23.9 Å². The first kappa shape index (κ1) is 15.4. The summed E-state index contributed by atoms with van der Waals surface area (Å²) in [5.41, 5.74) is 1.48. The van der Waals surface area contributed by atoms with E-state index in [4.69, 9.17) is 0 Å². The Morgan fingerprint density at radius 2 is 2.04 bits per heavy atom. The third kappa shape index (κ3) is 3.22. The fourth-order valence-corrected chi connectivity index (χ4v) is 3.44. The molecule has 2 saturated carbocycles. The number of para-hydroxylation sites is 1. The highest BCUT2D eigenvalue weighted by Gasteiger charge is 2.26. The molecule has 0 radical (unpaired) electrons. The molecule has 126 valence electrons. The van der Waals surface area contributed by atoms with Gasteiger partial charge in [-0.15, -0.1) is 0 Å². The van der Waals surface area contributed by atoms with Crippen molar-refractivity contribution in [1.29, 1.82) is 0 Å². The van der Waals surface area contributed by atoms with Crippen LogP contribution in [0.3, 0.4) is 0 Å². The largest absolute Gasteiger partial charge is 0.393 e. The summed E-state index contributed by atoms with van der Waals surface area (Å²) in [6.07, 6.45) is 4.91. The van der Waals surface area contributed by atoms with Gasteiger partial charge in [0.2, 0.25) is 0 Å². The number of carbonyl (C=O) groups excluding carboxylic acids is 1. The number of hydrogen-bond donors (Lipinski definition) is 3. The highest BCUT2D eigenvalue weighted by molar-refractivity contribution is 6.07. The summed E-state index contributed by atoms with van der Waals surface area (Å²) < 4.78 is 0. The number of nitrogens with zero attached hydrogens (tertiary/aromatic N) is 1. The predicted octanol–water partition coefficient (Wildman–Crippen LogP) is 2.70. The molecule has 0 saturated heterocycles. The molecule has 1 heterocycles. The van der Waals surface area contributed by atoms with Crippen LogP contribution >= 0.6 is 0 Å². The van der Waals surface area contributed by atoms with Crippen LogP contribution in [0.2, 0.25) is 0 Å². The van der Waals surface area contributed by atoms with E-state index in [1.807, 2.05) is 30.3 Å². The normalized spacial score (nSPS) is 23.4. The van der Waals surface area contributed by atoms with E-state index < -0.39 is 0 Å². The first-order valence-corrected chi connectivity index (χ1v) is 8.83. The van der Waals surface area contributed by atoms with E-state index in [2.05, 4.69) is 15.6 Å². The lowest BCUT2D eigenvalue weighted by Gasteiger charge is -2.16. The number of rotatable bonds is 5. The number of fused-ring (bicyclic) bond motifs is 1. The molecule has 2 atom stereocenters. The van der Waals surface area contributed by atoms with Crippen LogP contribution in [0.15, 0.2) is 30.3 Å². The maximum atomic E-state index is 12.6. The minimum Gasteiger partial charge on any atom is -0.393 e. The summed E-state index contributed by atoms with van der Waals surface area (Å²) in [5.74, 6) is 0.941. The van der Waals surface area contributed by atoms with Gasteiger partial charge in [-0.2, -0.15) is 0 Å². The van der Waals surface area contributed by atoms with Gasteiger partial charge in [0.05, 0.1) is 17.2 Å². The molecule has 4 rings (SSSR count). The van der Waals surface area contributed by atoms with Gasteiger partial charge in [-0.25, -0.2) is 4.98 Å². The van der Waals surface area contributed by atoms with Crippen LogP contribution in [0.4, 0.5) is 5.82 Å². The van der Waals surface area contributed by atoms with Gasteiger partial charge in [0.1, 0.15) is 5.82 Å². The lowest BCUT2D eigenvalue weighted by Crippen LogP contribution is -2.26. The van der Waals surface area contributed by atoms with Gasteiger partial charge in [-0.1, -0.05) is 24.6 Å². The molecule has 1 aromatic heterocycles. The summed E-state index contributed by atoms with van der Waals surface area (Å²) in [5, 5.41) is 17.2. The van der Waals surface area contributed by atoms with Crippen LogP contribution in [0.1, 0.15) is 42.5 Å². The Morgan fingerprint density at radius 1 is 1.21 bits per heavy atom. The number of pyridine rings is 1. The molecular formula is C19H23N3O2. The predicted molar refractivity (Wildman–Crippen MR) is 94.1 cm³/mol. The zero-order valence-corrected chi connectivity index (χ0v) is 13.7. The average Bonchev–Trinajstić information content (AvgIpc) is 3.31. The van der Waals surface area contributed by atoms with Gasteiger partial charge in [0.15, 0.2) is 0 Å². The SMILES string of the molecule is O=C(NC1CC1)c1cc(NC[C@H]2CCC[C@@H]2O)nc2ccccc12. The van der Waals surface area contributed by atoms with Crippen LogP contribution < -0.4 is 10.6 Å². The topological polar surface area (TPSA) is 74.2 Å². The molecule has 3 N–H and O–H groups in total. The molecule has 0 unspecified atom stereocenters. The number of benzene rings is 1. The summed E-state index contributed by atoms with van der Waals surface area (Å²) in [6.45, 7) is 0.691. The third-order valence-corrected chi connectivity index (χ3v) is 5.04. The van der Waals surface area contributed by atoms with Crippen molar-refractivity contribution >= 4 is 22.6 Å². The lowest BCUT2D eigenvalue weighted by molar-refractivity contribution is 0.0952. The second-order valence-corrected chi connectivity index (χ2v) is 6.96. The first-order chi connectivity index (χ1) is 11.7. The standard InChI is InChI=1S/C19H23N3O2/c23-17-7-3-4-12(17)11-20-18-10-15(19(24)21-13-8-9-13)14-5-1-2-6-16(14)22-18/h1-2,5-6,10,12-13,17,23H,3-4,7-9,11H2,(H,20,22)(H,21,24)/t12-,17+/m1/s1. The first-order valence-electron chi connectivity index (χ1n) is 8.83. The van der Waals surface area contributed by atoms with Crippen LogP contribution in [-0.2, 0) is 0 Å². The zero-order valence-electron chi connectivity index (χ0n) is 13.7. The summed E-state index contributed by atoms with van der Waals surface area (Å²) >= 11 is 0. The number of hydrogen-bond acceptors (Lipinski definition) is 4. The smallest absolute Gasteiger partial charge is 0.252 e. The number of aliphatic hydroxyl groups excluding tert-OH is 1. The molecule has 0 bridgehead atoms. The molecule has 2 aromatic rings. The van der Waals surface area contributed by atoms with E-state index in [0.29, 0.717) is 24.0 Å². The van der Waals surface area contributed by atoms with E-state index in [1.165, 1.54) is 0 Å². The van der Waals surface area contributed by atoms with E-state index in [-0.39, 0.29) is 17.9 Å². The van der Waals surface area contributed by atoms with Crippen LogP contribution in [0.25, 0.3) is 10.9 Å². The van der Waals surface area contributed by atoms with Crippen molar-refractivity contribution in [2.45, 2.75) is 44.2 Å². The molecule has 5 nitrogen and oxygen atoms in total. The second-order valence-electron chi connectivity index (χ2n) is 6.96. The number of nitrogens with one attached hydrogen (secondary N) is 2. The minimum atomic E-state index is -0.226. The summed E-state index contributed by atoms with van der Waals surface area (Å²) in [6, 6.07) is 9.89. The molecule has 1 aromatic carbocycles. The number of anilines is 1. The number of aliphatic hydroxyl groups is 1. The molecule has 2 aliphatic carbocycles. The fourth-order valence-electron chi connectivity index (χ4n) is 3.44. The molecule has 24 heavy (non-hydrogen) atoms. The maximum Gasteiger partial charge on any atom is 0.252 e. The Labute approximate surface area is 141 Å². The lowest BCUT2D eigenvalue weighted by atomic mass is 10.1.